The van der Waals surface area contributed by atoms with Gasteiger partial charge in [0, 0.05) is 17.2 Å². The van der Waals surface area contributed by atoms with Gasteiger partial charge in [-0.05, 0) is 48.4 Å². The van der Waals surface area contributed by atoms with Crippen LogP contribution in [0.2, 0.25) is 0 Å². The molecule has 1 N–H and O–H groups in total. The lowest BCUT2D eigenvalue weighted by Gasteiger charge is -2.05. The molecular weight excluding hydrogens is 374 g/mol. The summed E-state index contributed by atoms with van der Waals surface area (Å²) >= 11 is 0. The lowest BCUT2D eigenvalue weighted by atomic mass is 9.99. The number of rotatable bonds is 5. The van der Waals surface area contributed by atoms with Crippen LogP contribution < -0.4 is 5.32 Å². The van der Waals surface area contributed by atoms with Crippen LogP contribution in [-0.2, 0) is 9.53 Å². The molecule has 30 heavy (non-hydrogen) atoms. The van der Waals surface area contributed by atoms with Crippen molar-refractivity contribution in [3.05, 3.63) is 102 Å². The van der Waals surface area contributed by atoms with Crippen LogP contribution in [0.4, 0.5) is 5.69 Å². The van der Waals surface area contributed by atoms with Crippen molar-refractivity contribution >= 4 is 17.6 Å². The molecule has 0 radical (unpaired) electrons. The third-order valence-electron chi connectivity index (χ3n) is 4.31. The molecule has 0 aromatic heterocycles. The zero-order valence-electron chi connectivity index (χ0n) is 16.6. The van der Waals surface area contributed by atoms with Gasteiger partial charge in [0.05, 0.1) is 5.56 Å². The maximum Gasteiger partial charge on any atom is 0.338 e. The van der Waals surface area contributed by atoms with Gasteiger partial charge < -0.3 is 10.1 Å². The molecule has 148 valence electrons. The molecule has 0 heterocycles. The van der Waals surface area contributed by atoms with Gasteiger partial charge in [-0.25, -0.2) is 4.79 Å². The topological polar surface area (TPSA) is 55.4 Å². The first kappa shape index (κ1) is 20.6. The Morgan fingerprint density at radius 3 is 2.40 bits per heavy atom. The van der Waals surface area contributed by atoms with E-state index in [2.05, 4.69) is 23.7 Å². The first-order valence-corrected chi connectivity index (χ1v) is 9.44. The van der Waals surface area contributed by atoms with Crippen LogP contribution in [-0.4, -0.2) is 18.5 Å². The van der Waals surface area contributed by atoms with Crippen LogP contribution in [0.25, 0.3) is 11.1 Å². The predicted octanol–water partition coefficient (Wildman–Crippen LogP) is 5.00. The van der Waals surface area contributed by atoms with Gasteiger partial charge in [0.15, 0.2) is 0 Å². The number of nitrogens with one attached hydrogen (secondary N) is 1. The van der Waals surface area contributed by atoms with Crippen molar-refractivity contribution in [3.8, 4) is 23.0 Å². The standard InChI is InChI=1S/C26H21NO3/c1-3-18-30-26(29)22-12-15-23(16-13-22)27-25(28)17-14-20-6-4-5-7-24(20)21-10-8-19(2)9-11-21/h3-13,15-16H,1,18H2,2H3,(H,27,28). The van der Waals surface area contributed by atoms with E-state index in [4.69, 9.17) is 4.74 Å². The molecule has 0 aliphatic rings. The quantitative estimate of drug-likeness (QED) is 0.376. The molecule has 0 atom stereocenters. The largest absolute Gasteiger partial charge is 0.458 e. The SMILES string of the molecule is C=CCOC(=O)c1ccc(NC(=O)C#Cc2ccccc2-c2ccc(C)cc2)cc1. The van der Waals surface area contributed by atoms with Gasteiger partial charge in [-0.15, -0.1) is 0 Å². The second-order valence-corrected chi connectivity index (χ2v) is 6.58. The Hall–Kier alpha value is -4.10. The summed E-state index contributed by atoms with van der Waals surface area (Å²) in [5.41, 5.74) is 4.91. The number of carbonyl (C=O) groups is 2. The van der Waals surface area contributed by atoms with Crippen molar-refractivity contribution in [2.45, 2.75) is 6.92 Å². The van der Waals surface area contributed by atoms with E-state index >= 15 is 0 Å². The lowest BCUT2D eigenvalue weighted by molar-refractivity contribution is -0.111. The summed E-state index contributed by atoms with van der Waals surface area (Å²) in [6.45, 7) is 5.69. The van der Waals surface area contributed by atoms with E-state index in [-0.39, 0.29) is 6.61 Å². The Morgan fingerprint density at radius 1 is 1.00 bits per heavy atom. The Bertz CT molecular complexity index is 1120. The summed E-state index contributed by atoms with van der Waals surface area (Å²) in [4.78, 5) is 24.0. The molecule has 3 rings (SSSR count). The van der Waals surface area contributed by atoms with E-state index in [1.165, 1.54) is 11.6 Å². The third-order valence-corrected chi connectivity index (χ3v) is 4.31. The van der Waals surface area contributed by atoms with Crippen molar-refractivity contribution in [1.82, 2.24) is 0 Å². The smallest absolute Gasteiger partial charge is 0.338 e. The van der Waals surface area contributed by atoms with Crippen LogP contribution in [0.3, 0.4) is 0 Å². The second-order valence-electron chi connectivity index (χ2n) is 6.58. The molecule has 4 nitrogen and oxygen atoms in total. The van der Waals surface area contributed by atoms with Crippen LogP contribution in [0.1, 0.15) is 21.5 Å². The van der Waals surface area contributed by atoms with E-state index in [0.29, 0.717) is 11.3 Å². The van der Waals surface area contributed by atoms with Crippen LogP contribution in [0.5, 0.6) is 0 Å². The minimum atomic E-state index is -0.444. The maximum atomic E-state index is 12.3. The monoisotopic (exact) mass is 395 g/mol. The summed E-state index contributed by atoms with van der Waals surface area (Å²) in [6, 6.07) is 22.3. The fraction of sp³-hybridized carbons (Fsp3) is 0.0769. The Kier molecular flexibility index (Phi) is 6.81. The summed E-state index contributed by atoms with van der Waals surface area (Å²) in [5.74, 6) is 4.71. The number of carbonyl (C=O) groups excluding carboxylic acids is 2. The van der Waals surface area contributed by atoms with Crippen molar-refractivity contribution < 1.29 is 14.3 Å². The fourth-order valence-corrected chi connectivity index (χ4v) is 2.77. The normalized spacial score (nSPS) is 9.77. The zero-order valence-corrected chi connectivity index (χ0v) is 16.6. The molecule has 4 heteroatoms. The molecule has 0 fully saturated rings. The number of amides is 1. The highest BCUT2D eigenvalue weighted by Crippen LogP contribution is 2.23. The predicted molar refractivity (Wildman–Crippen MR) is 119 cm³/mol. The zero-order chi connectivity index (χ0) is 21.3. The van der Waals surface area contributed by atoms with E-state index in [9.17, 15) is 9.59 Å². The fourth-order valence-electron chi connectivity index (χ4n) is 2.77. The Labute approximate surface area is 176 Å². The van der Waals surface area contributed by atoms with Gasteiger partial charge in [0.1, 0.15) is 6.61 Å². The first-order valence-electron chi connectivity index (χ1n) is 9.44. The van der Waals surface area contributed by atoms with E-state index in [1.54, 1.807) is 24.3 Å². The molecular formula is C26H21NO3. The Balaban J connectivity index is 1.70. The lowest BCUT2D eigenvalue weighted by Crippen LogP contribution is -2.09. The third kappa shape index (κ3) is 5.46. The van der Waals surface area contributed by atoms with Gasteiger partial charge in [0.2, 0.25) is 0 Å². The molecule has 0 unspecified atom stereocenters. The number of esters is 1. The number of hydrogen-bond donors (Lipinski definition) is 1. The minimum absolute atomic E-state index is 0.150. The molecule has 0 saturated heterocycles. The van der Waals surface area contributed by atoms with Crippen molar-refractivity contribution in [2.75, 3.05) is 11.9 Å². The number of aryl methyl sites for hydroxylation is 1. The molecule has 0 aliphatic carbocycles. The summed E-state index contributed by atoms with van der Waals surface area (Å²) < 4.78 is 4.97. The van der Waals surface area contributed by atoms with Crippen LogP contribution >= 0.6 is 0 Å². The molecule has 0 saturated carbocycles. The van der Waals surface area contributed by atoms with Gasteiger partial charge in [0.25, 0.3) is 0 Å². The highest BCUT2D eigenvalue weighted by Gasteiger charge is 2.07. The van der Waals surface area contributed by atoms with E-state index in [0.717, 1.165) is 16.7 Å². The van der Waals surface area contributed by atoms with E-state index < -0.39 is 11.9 Å². The number of hydrogen-bond acceptors (Lipinski definition) is 3. The molecule has 0 aliphatic heterocycles. The number of anilines is 1. The summed E-state index contributed by atoms with van der Waals surface area (Å²) in [7, 11) is 0. The maximum absolute atomic E-state index is 12.3. The highest BCUT2D eigenvalue weighted by atomic mass is 16.5. The molecule has 0 spiro atoms. The number of benzene rings is 3. The first-order chi connectivity index (χ1) is 14.6. The van der Waals surface area contributed by atoms with Crippen LogP contribution in [0, 0.1) is 18.8 Å². The average Bonchev–Trinajstić information content (AvgIpc) is 2.77. The van der Waals surface area contributed by atoms with Crippen molar-refractivity contribution in [2.24, 2.45) is 0 Å². The summed E-state index contributed by atoms with van der Waals surface area (Å²) in [5, 5.41) is 2.71. The van der Waals surface area contributed by atoms with Gasteiger partial charge in [-0.2, -0.15) is 0 Å². The van der Waals surface area contributed by atoms with Crippen LogP contribution in [0.15, 0.2) is 85.5 Å². The highest BCUT2D eigenvalue weighted by molar-refractivity contribution is 6.04. The molecule has 3 aromatic rings. The van der Waals surface area contributed by atoms with Crippen molar-refractivity contribution in [3.63, 3.8) is 0 Å². The number of ether oxygens (including phenoxy) is 1. The molecule has 3 aromatic carbocycles. The van der Waals surface area contributed by atoms with Crippen molar-refractivity contribution in [1.29, 1.82) is 0 Å². The second kappa shape index (κ2) is 9.90. The summed E-state index contributed by atoms with van der Waals surface area (Å²) in [6.07, 6.45) is 1.50. The molecule has 0 bridgehead atoms. The minimum Gasteiger partial charge on any atom is -0.458 e. The molecule has 1 amide bonds. The Morgan fingerprint density at radius 2 is 1.70 bits per heavy atom. The van der Waals surface area contributed by atoms with E-state index in [1.807, 2.05) is 55.5 Å². The van der Waals surface area contributed by atoms with Gasteiger partial charge in [-0.3, -0.25) is 4.79 Å². The van der Waals surface area contributed by atoms with Gasteiger partial charge in [-0.1, -0.05) is 66.6 Å². The van der Waals surface area contributed by atoms with Gasteiger partial charge >= 0.3 is 11.9 Å². The average molecular weight is 395 g/mol.